The maximum Gasteiger partial charge on any atom is 0.408 e. The first kappa shape index (κ1) is 26.4. The van der Waals surface area contributed by atoms with Crippen LogP contribution in [-0.2, 0) is 13.0 Å². The number of amides is 3. The molecule has 0 fully saturated rings. The zero-order valence-electron chi connectivity index (χ0n) is 19.5. The summed E-state index contributed by atoms with van der Waals surface area (Å²) in [5, 5.41) is 7.59. The van der Waals surface area contributed by atoms with Crippen molar-refractivity contribution in [2.24, 2.45) is 0 Å². The van der Waals surface area contributed by atoms with Crippen molar-refractivity contribution in [3.8, 4) is 6.01 Å². The minimum absolute atomic E-state index is 0.0500. The van der Waals surface area contributed by atoms with Gasteiger partial charge in [0, 0.05) is 23.9 Å². The molecule has 0 radical (unpaired) electrons. The van der Waals surface area contributed by atoms with Gasteiger partial charge in [0.15, 0.2) is 5.13 Å². The summed E-state index contributed by atoms with van der Waals surface area (Å²) in [6.07, 6.45) is -4.00. The molecule has 0 saturated carbocycles. The van der Waals surface area contributed by atoms with Gasteiger partial charge in [-0.2, -0.15) is 23.1 Å². The number of aromatic nitrogens is 3. The smallest absolute Gasteiger partial charge is 0.408 e. The first-order chi connectivity index (χ1) is 17.5. The SMILES string of the molecule is COc1nc(Cl)cc(N2CCc3nc(NC(=O)Nc4ccccc4C(=O)NC(C)C(F)(F)F)sc3C2)n1. The van der Waals surface area contributed by atoms with Gasteiger partial charge in [-0.15, -0.1) is 0 Å². The van der Waals surface area contributed by atoms with Crippen molar-refractivity contribution in [1.82, 2.24) is 20.3 Å². The van der Waals surface area contributed by atoms with Gasteiger partial charge in [-0.3, -0.25) is 10.1 Å². The number of benzene rings is 1. The summed E-state index contributed by atoms with van der Waals surface area (Å²) < 4.78 is 43.6. The van der Waals surface area contributed by atoms with Gasteiger partial charge in [0.05, 0.1) is 30.6 Å². The number of carbonyl (C=O) groups is 2. The van der Waals surface area contributed by atoms with Crippen molar-refractivity contribution in [2.75, 3.05) is 29.2 Å². The molecule has 10 nitrogen and oxygen atoms in total. The fourth-order valence-electron chi connectivity index (χ4n) is 3.48. The van der Waals surface area contributed by atoms with E-state index in [0.29, 0.717) is 30.5 Å². The van der Waals surface area contributed by atoms with E-state index in [1.165, 1.54) is 36.6 Å². The summed E-state index contributed by atoms with van der Waals surface area (Å²) in [4.78, 5) is 40.7. The predicted octanol–water partition coefficient (Wildman–Crippen LogP) is 4.48. The monoisotopic (exact) mass is 555 g/mol. The molecule has 37 heavy (non-hydrogen) atoms. The summed E-state index contributed by atoms with van der Waals surface area (Å²) in [6.45, 7) is 1.92. The van der Waals surface area contributed by atoms with Crippen LogP contribution in [0.2, 0.25) is 5.15 Å². The molecular weight excluding hydrogens is 535 g/mol. The molecule has 0 spiro atoms. The molecule has 3 amide bonds. The first-order valence-electron chi connectivity index (χ1n) is 10.9. The van der Waals surface area contributed by atoms with Crippen LogP contribution in [0.25, 0.3) is 0 Å². The van der Waals surface area contributed by atoms with E-state index in [1.54, 1.807) is 12.1 Å². The number of fused-ring (bicyclic) bond motifs is 1. The average Bonchev–Trinajstić information content (AvgIpc) is 3.24. The largest absolute Gasteiger partial charge is 0.467 e. The summed E-state index contributed by atoms with van der Waals surface area (Å²) in [5.74, 6) is -0.370. The van der Waals surface area contributed by atoms with E-state index < -0.39 is 24.2 Å². The van der Waals surface area contributed by atoms with E-state index in [0.717, 1.165) is 17.5 Å². The Balaban J connectivity index is 1.42. The average molecular weight is 556 g/mol. The van der Waals surface area contributed by atoms with Crippen LogP contribution in [0.15, 0.2) is 30.3 Å². The van der Waals surface area contributed by atoms with Crippen molar-refractivity contribution in [2.45, 2.75) is 32.1 Å². The van der Waals surface area contributed by atoms with Gasteiger partial charge >= 0.3 is 18.2 Å². The lowest BCUT2D eigenvalue weighted by molar-refractivity contribution is -0.149. The minimum Gasteiger partial charge on any atom is -0.467 e. The van der Waals surface area contributed by atoms with Gasteiger partial charge in [0.2, 0.25) is 0 Å². The molecular formula is C22H21ClF3N7O3S. The molecule has 3 N–H and O–H groups in total. The number of halogens is 4. The van der Waals surface area contributed by atoms with Crippen LogP contribution in [-0.4, -0.2) is 52.8 Å². The van der Waals surface area contributed by atoms with Crippen molar-refractivity contribution in [1.29, 1.82) is 0 Å². The number of methoxy groups -OCH3 is 1. The summed E-state index contributed by atoms with van der Waals surface area (Å²) in [6, 6.07) is 4.80. The van der Waals surface area contributed by atoms with Crippen molar-refractivity contribution in [3.05, 3.63) is 51.6 Å². The zero-order chi connectivity index (χ0) is 26.7. The Labute approximate surface area is 218 Å². The maximum absolute atomic E-state index is 12.8. The van der Waals surface area contributed by atoms with Crippen LogP contribution in [0, 0.1) is 0 Å². The van der Waals surface area contributed by atoms with Crippen LogP contribution in [0.1, 0.15) is 27.9 Å². The summed E-state index contributed by atoms with van der Waals surface area (Å²) >= 11 is 7.33. The number of para-hydroxylation sites is 1. The number of nitrogens with one attached hydrogen (secondary N) is 3. The molecule has 1 aromatic carbocycles. The van der Waals surface area contributed by atoms with Crippen molar-refractivity contribution >= 4 is 51.5 Å². The molecule has 2 aromatic heterocycles. The Hall–Kier alpha value is -3.65. The number of carbonyl (C=O) groups excluding carboxylic acids is 2. The molecule has 0 saturated heterocycles. The molecule has 15 heteroatoms. The molecule has 0 bridgehead atoms. The van der Waals surface area contributed by atoms with Gasteiger partial charge in [-0.25, -0.2) is 9.78 Å². The zero-order valence-corrected chi connectivity index (χ0v) is 21.1. The normalized spacial score (nSPS) is 13.9. The Kier molecular flexibility index (Phi) is 7.68. The van der Waals surface area contributed by atoms with Gasteiger partial charge in [-0.05, 0) is 19.1 Å². The topological polar surface area (TPSA) is 121 Å². The second-order valence-electron chi connectivity index (χ2n) is 7.96. The van der Waals surface area contributed by atoms with Crippen LogP contribution >= 0.6 is 22.9 Å². The molecule has 1 aliphatic rings. The highest BCUT2D eigenvalue weighted by Gasteiger charge is 2.37. The number of hydrogen-bond donors (Lipinski definition) is 3. The van der Waals surface area contributed by atoms with E-state index in [2.05, 4.69) is 25.6 Å². The van der Waals surface area contributed by atoms with Gasteiger partial charge in [0.25, 0.3) is 5.91 Å². The summed E-state index contributed by atoms with van der Waals surface area (Å²) in [7, 11) is 1.45. The quantitative estimate of drug-likeness (QED) is 0.383. The number of ether oxygens (including phenoxy) is 1. The molecule has 0 aliphatic carbocycles. The van der Waals surface area contributed by atoms with Crippen LogP contribution in [0.3, 0.4) is 0 Å². The molecule has 1 unspecified atom stereocenters. The lowest BCUT2D eigenvalue weighted by atomic mass is 10.1. The fourth-order valence-corrected chi connectivity index (χ4v) is 4.67. The Morgan fingerprint density at radius 2 is 1.95 bits per heavy atom. The molecule has 3 heterocycles. The number of alkyl halides is 3. The minimum atomic E-state index is -4.60. The number of thiazole rings is 1. The van der Waals surface area contributed by atoms with Gasteiger partial charge in [0.1, 0.15) is 17.0 Å². The van der Waals surface area contributed by atoms with Crippen LogP contribution in [0.4, 0.5) is 34.6 Å². The molecule has 1 atom stereocenters. The Morgan fingerprint density at radius 1 is 1.19 bits per heavy atom. The molecule has 1 aliphatic heterocycles. The van der Waals surface area contributed by atoms with Gasteiger partial charge < -0.3 is 20.3 Å². The highest BCUT2D eigenvalue weighted by atomic mass is 35.5. The van der Waals surface area contributed by atoms with E-state index in [9.17, 15) is 22.8 Å². The van der Waals surface area contributed by atoms with E-state index >= 15 is 0 Å². The van der Waals surface area contributed by atoms with Crippen molar-refractivity contribution in [3.63, 3.8) is 0 Å². The number of nitrogens with zero attached hydrogens (tertiary/aromatic N) is 4. The second-order valence-corrected chi connectivity index (χ2v) is 9.43. The third kappa shape index (κ3) is 6.38. The molecule has 3 aromatic rings. The second kappa shape index (κ2) is 10.8. The summed E-state index contributed by atoms with van der Waals surface area (Å²) in [5.41, 5.74) is 0.764. The number of rotatable bonds is 6. The Bertz CT molecular complexity index is 1320. The van der Waals surface area contributed by atoms with Crippen molar-refractivity contribution < 1.29 is 27.5 Å². The Morgan fingerprint density at radius 3 is 2.68 bits per heavy atom. The van der Waals surface area contributed by atoms with E-state index in [-0.39, 0.29) is 22.4 Å². The van der Waals surface area contributed by atoms with E-state index in [1.807, 2.05) is 10.2 Å². The number of urea groups is 1. The highest BCUT2D eigenvalue weighted by molar-refractivity contribution is 7.15. The lowest BCUT2D eigenvalue weighted by Gasteiger charge is -2.27. The van der Waals surface area contributed by atoms with Crippen LogP contribution in [0.5, 0.6) is 6.01 Å². The molecule has 196 valence electrons. The van der Waals surface area contributed by atoms with Gasteiger partial charge in [-0.1, -0.05) is 35.1 Å². The lowest BCUT2D eigenvalue weighted by Crippen LogP contribution is -2.43. The van der Waals surface area contributed by atoms with E-state index in [4.69, 9.17) is 16.3 Å². The standard InChI is InChI=1S/C22H21ClF3N7O3S/c1-11(22(24,25)26)27-18(34)12-5-3-4-6-13(12)28-19(35)32-21-29-14-7-8-33(10-15(14)37-21)17-9-16(23)30-20(31-17)36-2/h3-6,9,11H,7-8,10H2,1-2H3,(H,27,34)(H2,28,29,32,35). The third-order valence-corrected chi connectivity index (χ3v) is 6.57. The highest BCUT2D eigenvalue weighted by Crippen LogP contribution is 2.31. The third-order valence-electron chi connectivity index (χ3n) is 5.38. The molecule has 4 rings (SSSR count). The first-order valence-corrected chi connectivity index (χ1v) is 12.1. The predicted molar refractivity (Wildman–Crippen MR) is 133 cm³/mol. The fraction of sp³-hybridized carbons (Fsp3) is 0.318. The van der Waals surface area contributed by atoms with Crippen LogP contribution < -0.4 is 25.6 Å². The number of hydrogen-bond acceptors (Lipinski definition) is 8. The number of anilines is 3. The maximum atomic E-state index is 12.8.